The lowest BCUT2D eigenvalue weighted by atomic mass is 10.00. The normalized spacial score (nSPS) is 11.7. The minimum atomic E-state index is 0.886. The molecular weight excluding hydrogens is 543 g/mol. The van der Waals surface area contributed by atoms with Crippen molar-refractivity contribution in [3.63, 3.8) is 0 Å². The molecular formula is C40H25NOS. The van der Waals surface area contributed by atoms with Crippen LogP contribution in [0.5, 0.6) is 0 Å². The Labute approximate surface area is 252 Å². The Bertz CT molecular complexity index is 2370. The van der Waals surface area contributed by atoms with Crippen molar-refractivity contribution in [2.45, 2.75) is 0 Å². The van der Waals surface area contributed by atoms with Crippen molar-refractivity contribution in [2.24, 2.45) is 0 Å². The number of thiophene rings is 1. The van der Waals surface area contributed by atoms with Crippen molar-refractivity contribution in [2.75, 3.05) is 4.90 Å². The van der Waals surface area contributed by atoms with Crippen LogP contribution < -0.4 is 4.90 Å². The van der Waals surface area contributed by atoms with E-state index in [9.17, 15) is 0 Å². The number of hydrogen-bond donors (Lipinski definition) is 0. The number of benzene rings is 7. The summed E-state index contributed by atoms with van der Waals surface area (Å²) in [6, 6.07) is 54.3. The first kappa shape index (κ1) is 24.2. The molecule has 0 fully saturated rings. The van der Waals surface area contributed by atoms with E-state index in [0.29, 0.717) is 0 Å². The molecule has 0 N–H and O–H groups in total. The molecule has 43 heavy (non-hydrogen) atoms. The fraction of sp³-hybridized carbons (Fsp3) is 0. The van der Waals surface area contributed by atoms with Gasteiger partial charge in [0.1, 0.15) is 11.2 Å². The smallest absolute Gasteiger partial charge is 0.137 e. The highest BCUT2D eigenvalue weighted by molar-refractivity contribution is 7.26. The third kappa shape index (κ3) is 3.86. The van der Waals surface area contributed by atoms with E-state index in [0.717, 1.165) is 39.0 Å². The van der Waals surface area contributed by atoms with E-state index in [2.05, 4.69) is 150 Å². The van der Waals surface area contributed by atoms with Gasteiger partial charge in [-0.25, -0.2) is 0 Å². The summed E-state index contributed by atoms with van der Waals surface area (Å²) in [7, 11) is 0. The molecule has 0 spiro atoms. The molecule has 0 aliphatic carbocycles. The predicted molar refractivity (Wildman–Crippen MR) is 184 cm³/mol. The molecule has 0 saturated heterocycles. The van der Waals surface area contributed by atoms with Gasteiger partial charge in [0.2, 0.25) is 0 Å². The van der Waals surface area contributed by atoms with E-state index in [1.54, 1.807) is 0 Å². The van der Waals surface area contributed by atoms with Crippen molar-refractivity contribution >= 4 is 81.3 Å². The van der Waals surface area contributed by atoms with Crippen LogP contribution >= 0.6 is 11.3 Å². The first-order valence-corrected chi connectivity index (χ1v) is 15.3. The van der Waals surface area contributed by atoms with Gasteiger partial charge in [0, 0.05) is 31.2 Å². The summed E-state index contributed by atoms with van der Waals surface area (Å²) in [5, 5.41) is 7.27. The summed E-state index contributed by atoms with van der Waals surface area (Å²) in [4.78, 5) is 2.43. The molecule has 2 heterocycles. The number of anilines is 3. The lowest BCUT2D eigenvalue weighted by Gasteiger charge is -2.27. The molecule has 202 valence electrons. The van der Waals surface area contributed by atoms with E-state index in [1.807, 2.05) is 17.4 Å². The quantitative estimate of drug-likeness (QED) is 0.210. The Kier molecular flexibility index (Phi) is 5.40. The zero-order valence-electron chi connectivity index (χ0n) is 23.2. The van der Waals surface area contributed by atoms with E-state index >= 15 is 0 Å². The van der Waals surface area contributed by atoms with Crippen LogP contribution in [0, 0.1) is 0 Å². The van der Waals surface area contributed by atoms with Crippen LogP contribution in [-0.2, 0) is 0 Å². The SMILES string of the molecule is c1cc(-c2ccc3ccccc3c2)cc(N(c2cccc3oc4ccccc4c23)c2cccc3sc4ccccc4c23)c1. The van der Waals surface area contributed by atoms with Crippen molar-refractivity contribution < 1.29 is 4.42 Å². The third-order valence-electron chi connectivity index (χ3n) is 8.43. The number of hydrogen-bond acceptors (Lipinski definition) is 3. The minimum Gasteiger partial charge on any atom is -0.456 e. The molecule has 0 saturated carbocycles. The molecule has 9 aromatic rings. The van der Waals surface area contributed by atoms with Crippen molar-refractivity contribution in [3.05, 3.63) is 152 Å². The van der Waals surface area contributed by atoms with Crippen LogP contribution in [0.2, 0.25) is 0 Å². The van der Waals surface area contributed by atoms with Gasteiger partial charge in [0.15, 0.2) is 0 Å². The van der Waals surface area contributed by atoms with Crippen LogP contribution in [0.25, 0.3) is 64.0 Å². The second kappa shape index (κ2) is 9.59. The van der Waals surface area contributed by atoms with Crippen molar-refractivity contribution in [1.82, 2.24) is 0 Å². The molecule has 0 bridgehead atoms. The largest absolute Gasteiger partial charge is 0.456 e. The summed E-state index contributed by atoms with van der Waals surface area (Å²) in [6.45, 7) is 0. The highest BCUT2D eigenvalue weighted by Gasteiger charge is 2.22. The van der Waals surface area contributed by atoms with Crippen molar-refractivity contribution in [1.29, 1.82) is 0 Å². The van der Waals surface area contributed by atoms with Crippen LogP contribution in [-0.4, -0.2) is 0 Å². The second-order valence-electron chi connectivity index (χ2n) is 10.9. The highest BCUT2D eigenvalue weighted by atomic mass is 32.1. The summed E-state index contributed by atoms with van der Waals surface area (Å²) < 4.78 is 8.94. The van der Waals surface area contributed by atoms with E-state index in [1.165, 1.54) is 42.1 Å². The minimum absolute atomic E-state index is 0.886. The summed E-state index contributed by atoms with van der Waals surface area (Å²) in [6.07, 6.45) is 0. The summed E-state index contributed by atoms with van der Waals surface area (Å²) >= 11 is 1.85. The second-order valence-corrected chi connectivity index (χ2v) is 12.0. The molecule has 9 rings (SSSR count). The van der Waals surface area contributed by atoms with E-state index in [-0.39, 0.29) is 0 Å². The maximum Gasteiger partial charge on any atom is 0.137 e. The average Bonchev–Trinajstić information content (AvgIpc) is 3.64. The first-order chi connectivity index (χ1) is 21.3. The Morgan fingerprint density at radius 2 is 1.12 bits per heavy atom. The standard InChI is InChI=1S/C40H25NOS/c1-2-11-27-24-29(23-22-26(27)10-1)28-12-7-13-30(25-28)41(33-16-8-19-36-39(33)31-14-3-5-18-35(31)42-36)34-17-9-21-38-40(34)32-15-4-6-20-37(32)43-38/h1-25H. The van der Waals surface area contributed by atoms with Gasteiger partial charge in [-0.1, -0.05) is 97.1 Å². The maximum atomic E-state index is 6.37. The zero-order chi connectivity index (χ0) is 28.3. The zero-order valence-corrected chi connectivity index (χ0v) is 24.0. The molecule has 0 radical (unpaired) electrons. The van der Waals surface area contributed by atoms with Gasteiger partial charge in [0.25, 0.3) is 0 Å². The van der Waals surface area contributed by atoms with Gasteiger partial charge in [-0.15, -0.1) is 11.3 Å². The van der Waals surface area contributed by atoms with Gasteiger partial charge < -0.3 is 9.32 Å². The molecule has 3 heteroatoms. The van der Waals surface area contributed by atoms with Crippen LogP contribution in [0.4, 0.5) is 17.1 Å². The number of furan rings is 1. The highest BCUT2D eigenvalue weighted by Crippen LogP contribution is 2.48. The molecule has 2 aromatic heterocycles. The Hall–Kier alpha value is -5.38. The molecule has 0 atom stereocenters. The Morgan fingerprint density at radius 1 is 0.442 bits per heavy atom. The average molecular weight is 568 g/mol. The van der Waals surface area contributed by atoms with Gasteiger partial charge in [-0.3, -0.25) is 0 Å². The fourth-order valence-corrected chi connectivity index (χ4v) is 7.61. The van der Waals surface area contributed by atoms with Gasteiger partial charge in [-0.05, 0) is 76.5 Å². The number of rotatable bonds is 4. The van der Waals surface area contributed by atoms with E-state index in [4.69, 9.17) is 4.42 Å². The van der Waals surface area contributed by atoms with Crippen LogP contribution in [0.1, 0.15) is 0 Å². The lowest BCUT2D eigenvalue weighted by Crippen LogP contribution is -2.10. The summed E-state index contributed by atoms with van der Waals surface area (Å²) in [5.41, 5.74) is 7.52. The van der Waals surface area contributed by atoms with E-state index < -0.39 is 0 Å². The Balaban J connectivity index is 1.35. The molecule has 0 amide bonds. The molecule has 0 aliphatic rings. The molecule has 7 aromatic carbocycles. The van der Waals surface area contributed by atoms with Crippen LogP contribution in [0.3, 0.4) is 0 Å². The first-order valence-electron chi connectivity index (χ1n) is 14.5. The third-order valence-corrected chi connectivity index (χ3v) is 9.57. The maximum absolute atomic E-state index is 6.37. The molecule has 2 nitrogen and oxygen atoms in total. The monoisotopic (exact) mass is 567 g/mol. The Morgan fingerprint density at radius 3 is 2.05 bits per heavy atom. The van der Waals surface area contributed by atoms with Gasteiger partial charge in [-0.2, -0.15) is 0 Å². The molecule has 0 aliphatic heterocycles. The molecule has 0 unspecified atom stereocenters. The number of para-hydroxylation sites is 1. The van der Waals surface area contributed by atoms with Crippen molar-refractivity contribution in [3.8, 4) is 11.1 Å². The lowest BCUT2D eigenvalue weighted by molar-refractivity contribution is 0.669. The topological polar surface area (TPSA) is 16.4 Å². The summed E-state index contributed by atoms with van der Waals surface area (Å²) in [5.74, 6) is 0. The fourth-order valence-electron chi connectivity index (χ4n) is 6.49. The van der Waals surface area contributed by atoms with Gasteiger partial charge >= 0.3 is 0 Å². The van der Waals surface area contributed by atoms with Gasteiger partial charge in [0.05, 0.1) is 16.8 Å². The van der Waals surface area contributed by atoms with Crippen LogP contribution in [0.15, 0.2) is 156 Å². The predicted octanol–water partition coefficient (Wildman–Crippen LogP) is 12.2. The number of nitrogens with zero attached hydrogens (tertiary/aromatic N) is 1. The number of fused-ring (bicyclic) bond motifs is 7.